The first-order valence-electron chi connectivity index (χ1n) is 7.50. The molecule has 0 amide bonds. The Bertz CT molecular complexity index is 493. The molecule has 0 atom stereocenters. The standard InChI is InChI=1S/C17H28O2S/c1-15-9-11-16(12-10-15)20(18,19)14-8-6-5-7-13-17(2,3)4/h9-12H,5-8,13-14H2,1-4H3. The Balaban J connectivity index is 2.32. The van der Waals surface area contributed by atoms with Gasteiger partial charge >= 0.3 is 0 Å². The summed E-state index contributed by atoms with van der Waals surface area (Å²) in [4.78, 5) is 0.456. The van der Waals surface area contributed by atoms with Crippen LogP contribution < -0.4 is 0 Å². The quantitative estimate of drug-likeness (QED) is 0.679. The number of hydrogen-bond acceptors (Lipinski definition) is 2. The summed E-state index contributed by atoms with van der Waals surface area (Å²) in [7, 11) is -3.09. The Kier molecular flexibility index (Phi) is 6.25. The molecule has 0 saturated carbocycles. The van der Waals surface area contributed by atoms with E-state index in [1.165, 1.54) is 12.8 Å². The van der Waals surface area contributed by atoms with Gasteiger partial charge in [-0.25, -0.2) is 8.42 Å². The average molecular weight is 296 g/mol. The van der Waals surface area contributed by atoms with E-state index in [0.29, 0.717) is 10.3 Å². The van der Waals surface area contributed by atoms with Gasteiger partial charge in [-0.1, -0.05) is 57.7 Å². The van der Waals surface area contributed by atoms with E-state index in [4.69, 9.17) is 0 Å². The van der Waals surface area contributed by atoms with Crippen molar-refractivity contribution < 1.29 is 8.42 Å². The predicted molar refractivity (Wildman–Crippen MR) is 85.8 cm³/mol. The van der Waals surface area contributed by atoms with Gasteiger partial charge in [0.1, 0.15) is 0 Å². The van der Waals surface area contributed by atoms with Crippen molar-refractivity contribution in [2.45, 2.75) is 64.7 Å². The summed E-state index contributed by atoms with van der Waals surface area (Å²) in [5.41, 5.74) is 1.47. The van der Waals surface area contributed by atoms with Gasteiger partial charge in [0.15, 0.2) is 9.84 Å². The van der Waals surface area contributed by atoms with Gasteiger partial charge < -0.3 is 0 Å². The molecular weight excluding hydrogens is 268 g/mol. The van der Waals surface area contributed by atoms with Crippen LogP contribution in [0, 0.1) is 12.3 Å². The molecule has 0 aromatic heterocycles. The molecule has 0 aliphatic rings. The van der Waals surface area contributed by atoms with E-state index >= 15 is 0 Å². The van der Waals surface area contributed by atoms with Gasteiger partial charge in [0.05, 0.1) is 10.6 Å². The van der Waals surface area contributed by atoms with Crippen LogP contribution in [0.2, 0.25) is 0 Å². The molecule has 0 fully saturated rings. The highest BCUT2D eigenvalue weighted by Crippen LogP contribution is 2.22. The first kappa shape index (κ1) is 17.2. The Morgan fingerprint density at radius 1 is 0.900 bits per heavy atom. The van der Waals surface area contributed by atoms with Crippen LogP contribution in [0.1, 0.15) is 58.4 Å². The Morgan fingerprint density at radius 3 is 2.00 bits per heavy atom. The number of benzene rings is 1. The molecule has 3 heteroatoms. The lowest BCUT2D eigenvalue weighted by atomic mass is 9.89. The van der Waals surface area contributed by atoms with Crippen LogP contribution in [-0.2, 0) is 9.84 Å². The van der Waals surface area contributed by atoms with Crippen LogP contribution in [0.4, 0.5) is 0 Å². The smallest absolute Gasteiger partial charge is 0.178 e. The summed E-state index contributed by atoms with van der Waals surface area (Å²) in [6.45, 7) is 8.70. The summed E-state index contributed by atoms with van der Waals surface area (Å²) in [5, 5.41) is 0. The van der Waals surface area contributed by atoms with Gasteiger partial charge in [0.25, 0.3) is 0 Å². The number of hydrogen-bond donors (Lipinski definition) is 0. The molecule has 20 heavy (non-hydrogen) atoms. The monoisotopic (exact) mass is 296 g/mol. The largest absolute Gasteiger partial charge is 0.224 e. The molecule has 2 nitrogen and oxygen atoms in total. The zero-order chi connectivity index (χ0) is 15.2. The molecule has 0 saturated heterocycles. The van der Waals surface area contributed by atoms with E-state index in [-0.39, 0.29) is 5.75 Å². The molecule has 0 spiro atoms. The van der Waals surface area contributed by atoms with Crippen LogP contribution in [0.25, 0.3) is 0 Å². The molecule has 0 aliphatic heterocycles. The first-order chi connectivity index (χ1) is 9.21. The van der Waals surface area contributed by atoms with Crippen molar-refractivity contribution in [3.8, 4) is 0 Å². The first-order valence-corrected chi connectivity index (χ1v) is 9.15. The zero-order valence-electron chi connectivity index (χ0n) is 13.3. The van der Waals surface area contributed by atoms with E-state index < -0.39 is 9.84 Å². The fourth-order valence-electron chi connectivity index (χ4n) is 2.16. The van der Waals surface area contributed by atoms with E-state index in [0.717, 1.165) is 24.8 Å². The maximum Gasteiger partial charge on any atom is 0.178 e. The molecule has 0 aliphatic carbocycles. The van der Waals surface area contributed by atoms with Crippen molar-refractivity contribution in [3.05, 3.63) is 29.8 Å². The van der Waals surface area contributed by atoms with Crippen LogP contribution >= 0.6 is 0 Å². The highest BCUT2D eigenvalue weighted by Gasteiger charge is 2.13. The third-order valence-corrected chi connectivity index (χ3v) is 5.29. The van der Waals surface area contributed by atoms with Crippen molar-refractivity contribution in [2.24, 2.45) is 5.41 Å². The fraction of sp³-hybridized carbons (Fsp3) is 0.647. The number of unbranched alkanes of at least 4 members (excludes halogenated alkanes) is 3. The average Bonchev–Trinajstić information content (AvgIpc) is 2.33. The molecule has 1 aromatic carbocycles. The lowest BCUT2D eigenvalue weighted by Gasteiger charge is -2.17. The number of rotatable bonds is 7. The Hall–Kier alpha value is -0.830. The van der Waals surface area contributed by atoms with Gasteiger partial charge in [-0.3, -0.25) is 0 Å². The van der Waals surface area contributed by atoms with Crippen molar-refractivity contribution in [3.63, 3.8) is 0 Å². The van der Waals surface area contributed by atoms with Gasteiger partial charge in [-0.05, 0) is 37.3 Å². The summed E-state index contributed by atoms with van der Waals surface area (Å²) in [6, 6.07) is 7.14. The molecule has 1 aromatic rings. The highest BCUT2D eigenvalue weighted by molar-refractivity contribution is 7.91. The van der Waals surface area contributed by atoms with Crippen LogP contribution in [0.5, 0.6) is 0 Å². The minimum atomic E-state index is -3.09. The Morgan fingerprint density at radius 2 is 1.45 bits per heavy atom. The van der Waals surface area contributed by atoms with Gasteiger partial charge in [0.2, 0.25) is 0 Å². The molecule has 114 valence electrons. The molecule has 0 N–H and O–H groups in total. The summed E-state index contributed by atoms with van der Waals surface area (Å²) in [6.07, 6.45) is 5.29. The molecule has 1 rings (SSSR count). The third-order valence-electron chi connectivity index (χ3n) is 3.47. The molecule has 0 radical (unpaired) electrons. The van der Waals surface area contributed by atoms with Crippen molar-refractivity contribution in [2.75, 3.05) is 5.75 Å². The van der Waals surface area contributed by atoms with Crippen molar-refractivity contribution >= 4 is 9.84 Å². The van der Waals surface area contributed by atoms with Crippen molar-refractivity contribution in [1.82, 2.24) is 0 Å². The minimum Gasteiger partial charge on any atom is -0.224 e. The molecule has 0 unspecified atom stereocenters. The minimum absolute atomic E-state index is 0.269. The second-order valence-corrected chi connectivity index (χ2v) is 8.97. The summed E-state index contributed by atoms with van der Waals surface area (Å²) in [5.74, 6) is 0.269. The Labute approximate surface area is 124 Å². The molecular formula is C17H28O2S. The van der Waals surface area contributed by atoms with Crippen LogP contribution in [0.3, 0.4) is 0 Å². The zero-order valence-corrected chi connectivity index (χ0v) is 14.1. The van der Waals surface area contributed by atoms with E-state index in [1.807, 2.05) is 19.1 Å². The topological polar surface area (TPSA) is 34.1 Å². The van der Waals surface area contributed by atoms with Gasteiger partial charge in [-0.15, -0.1) is 0 Å². The van der Waals surface area contributed by atoms with Crippen molar-refractivity contribution in [1.29, 1.82) is 0 Å². The summed E-state index contributed by atoms with van der Waals surface area (Å²) >= 11 is 0. The second-order valence-electron chi connectivity index (χ2n) is 6.86. The van der Waals surface area contributed by atoms with Crippen LogP contribution in [-0.4, -0.2) is 14.2 Å². The van der Waals surface area contributed by atoms with Gasteiger partial charge in [-0.2, -0.15) is 0 Å². The fourth-order valence-corrected chi connectivity index (χ4v) is 3.54. The second kappa shape index (κ2) is 7.26. The normalized spacial score (nSPS) is 12.6. The van der Waals surface area contributed by atoms with E-state index in [1.54, 1.807) is 12.1 Å². The van der Waals surface area contributed by atoms with Crippen LogP contribution in [0.15, 0.2) is 29.2 Å². The van der Waals surface area contributed by atoms with Gasteiger partial charge in [0, 0.05) is 0 Å². The maximum absolute atomic E-state index is 12.1. The van der Waals surface area contributed by atoms with E-state index in [9.17, 15) is 8.42 Å². The molecule has 0 bridgehead atoms. The lowest BCUT2D eigenvalue weighted by Crippen LogP contribution is -2.07. The van der Waals surface area contributed by atoms with E-state index in [2.05, 4.69) is 20.8 Å². The summed E-state index contributed by atoms with van der Waals surface area (Å²) < 4.78 is 24.3. The number of sulfone groups is 1. The predicted octanol–water partition coefficient (Wildman–Crippen LogP) is 4.77. The highest BCUT2D eigenvalue weighted by atomic mass is 32.2. The molecule has 0 heterocycles. The number of aryl methyl sites for hydroxylation is 1. The SMILES string of the molecule is Cc1ccc(S(=O)(=O)CCCCCCC(C)(C)C)cc1. The maximum atomic E-state index is 12.1. The third kappa shape index (κ3) is 6.56. The lowest BCUT2D eigenvalue weighted by molar-refractivity contribution is 0.358.